The molecule has 2 N–H and O–H groups in total. The number of ether oxygens (including phenoxy) is 3. The Morgan fingerprint density at radius 3 is 2.62 bits per heavy atom. The molecule has 108 valence electrons. The lowest BCUT2D eigenvalue weighted by atomic mass is 10.3. The van der Waals surface area contributed by atoms with Crippen LogP contribution in [0.5, 0.6) is 17.5 Å². The van der Waals surface area contributed by atoms with Crippen LogP contribution < -0.4 is 24.8 Å². The molecule has 1 aromatic heterocycles. The predicted molar refractivity (Wildman–Crippen MR) is 73.8 cm³/mol. The van der Waals surface area contributed by atoms with Crippen LogP contribution in [-0.4, -0.2) is 29.9 Å². The molecule has 0 aliphatic carbocycles. The lowest BCUT2D eigenvalue weighted by Crippen LogP contribution is -2.19. The number of aromatic nitrogens is 2. The lowest BCUT2D eigenvalue weighted by molar-refractivity contribution is 0.174. The summed E-state index contributed by atoms with van der Waals surface area (Å²) in [6, 6.07) is 4.96. The first-order chi connectivity index (χ1) is 10.2. The first-order valence-corrected chi connectivity index (χ1v) is 6.08. The molecule has 0 radical (unpaired) electrons. The minimum Gasteiger partial charge on any atom is -0.467 e. The van der Waals surface area contributed by atoms with Gasteiger partial charge in [-0.05, 0) is 12.1 Å². The molecule has 8 nitrogen and oxygen atoms in total. The van der Waals surface area contributed by atoms with E-state index < -0.39 is 6.03 Å². The van der Waals surface area contributed by atoms with Crippen molar-refractivity contribution in [1.82, 2.24) is 9.97 Å². The Balaban J connectivity index is 1.63. The van der Waals surface area contributed by atoms with Crippen LogP contribution in [0.25, 0.3) is 0 Å². The zero-order valence-electron chi connectivity index (χ0n) is 11.1. The number of carbonyl (C=O) groups is 1. The number of nitrogens with one attached hydrogen (secondary N) is 2. The SMILES string of the molecule is COc1ncc(NC(=O)Nc2ccc3c(c2)OCO3)cn1. The minimum atomic E-state index is -0.414. The molecule has 0 spiro atoms. The van der Waals surface area contributed by atoms with E-state index in [0.29, 0.717) is 22.9 Å². The number of carbonyl (C=O) groups excluding carboxylic acids is 1. The van der Waals surface area contributed by atoms with Gasteiger partial charge in [-0.3, -0.25) is 0 Å². The van der Waals surface area contributed by atoms with Crippen molar-refractivity contribution in [1.29, 1.82) is 0 Å². The van der Waals surface area contributed by atoms with Crippen LogP contribution in [0.1, 0.15) is 0 Å². The summed E-state index contributed by atoms with van der Waals surface area (Å²) in [6.07, 6.45) is 2.90. The lowest BCUT2D eigenvalue weighted by Gasteiger charge is -2.08. The van der Waals surface area contributed by atoms with Crippen LogP contribution in [-0.2, 0) is 0 Å². The van der Waals surface area contributed by atoms with E-state index in [2.05, 4.69) is 20.6 Å². The summed E-state index contributed by atoms with van der Waals surface area (Å²) in [7, 11) is 1.47. The van der Waals surface area contributed by atoms with Crippen LogP contribution >= 0.6 is 0 Å². The second kappa shape index (κ2) is 5.53. The van der Waals surface area contributed by atoms with Gasteiger partial charge < -0.3 is 24.8 Å². The molecule has 0 fully saturated rings. The summed E-state index contributed by atoms with van der Waals surface area (Å²) in [4.78, 5) is 19.6. The van der Waals surface area contributed by atoms with Gasteiger partial charge in [0.05, 0.1) is 25.2 Å². The van der Waals surface area contributed by atoms with E-state index in [4.69, 9.17) is 14.2 Å². The highest BCUT2D eigenvalue weighted by Gasteiger charge is 2.14. The van der Waals surface area contributed by atoms with E-state index in [-0.39, 0.29) is 12.8 Å². The number of hydrogen-bond donors (Lipinski definition) is 2. The molecule has 3 rings (SSSR count). The Hall–Kier alpha value is -3.03. The van der Waals surface area contributed by atoms with E-state index in [1.807, 2.05) is 0 Å². The van der Waals surface area contributed by atoms with E-state index in [1.165, 1.54) is 19.5 Å². The first kappa shape index (κ1) is 13.0. The Morgan fingerprint density at radius 1 is 1.14 bits per heavy atom. The van der Waals surface area contributed by atoms with Gasteiger partial charge >= 0.3 is 12.0 Å². The quantitative estimate of drug-likeness (QED) is 0.895. The fourth-order valence-corrected chi connectivity index (χ4v) is 1.75. The summed E-state index contributed by atoms with van der Waals surface area (Å²) in [6.45, 7) is 0.189. The van der Waals surface area contributed by atoms with Crippen LogP contribution in [0.15, 0.2) is 30.6 Å². The van der Waals surface area contributed by atoms with Crippen LogP contribution in [0.4, 0.5) is 16.2 Å². The minimum absolute atomic E-state index is 0.189. The number of amides is 2. The number of fused-ring (bicyclic) bond motifs is 1. The van der Waals surface area contributed by atoms with Crippen molar-refractivity contribution in [2.75, 3.05) is 24.5 Å². The van der Waals surface area contributed by atoms with Gasteiger partial charge in [-0.1, -0.05) is 0 Å². The van der Waals surface area contributed by atoms with E-state index in [1.54, 1.807) is 18.2 Å². The Labute approximate surface area is 120 Å². The van der Waals surface area contributed by atoms with Crippen molar-refractivity contribution in [3.05, 3.63) is 30.6 Å². The number of anilines is 2. The molecular weight excluding hydrogens is 276 g/mol. The predicted octanol–water partition coefficient (Wildman–Crippen LogP) is 1.86. The number of nitrogens with zero attached hydrogens (tertiary/aromatic N) is 2. The average molecular weight is 288 g/mol. The third-order valence-electron chi connectivity index (χ3n) is 2.70. The molecule has 8 heteroatoms. The monoisotopic (exact) mass is 288 g/mol. The molecule has 1 aliphatic rings. The fourth-order valence-electron chi connectivity index (χ4n) is 1.75. The molecule has 0 saturated carbocycles. The maximum atomic E-state index is 11.9. The molecule has 0 unspecified atom stereocenters. The molecule has 2 amide bonds. The summed E-state index contributed by atoms with van der Waals surface area (Å²) in [5.74, 6) is 1.25. The van der Waals surface area contributed by atoms with Crippen molar-refractivity contribution < 1.29 is 19.0 Å². The van der Waals surface area contributed by atoms with Gasteiger partial charge in [-0.15, -0.1) is 0 Å². The highest BCUT2D eigenvalue weighted by molar-refractivity contribution is 5.99. The third kappa shape index (κ3) is 2.94. The molecule has 21 heavy (non-hydrogen) atoms. The molecular formula is C13H12N4O4. The molecule has 1 aromatic carbocycles. The number of rotatable bonds is 3. The van der Waals surface area contributed by atoms with Crippen LogP contribution in [0.2, 0.25) is 0 Å². The van der Waals surface area contributed by atoms with Crippen LogP contribution in [0, 0.1) is 0 Å². The molecule has 2 heterocycles. The van der Waals surface area contributed by atoms with Gasteiger partial charge in [-0.25, -0.2) is 14.8 Å². The molecule has 1 aliphatic heterocycles. The number of benzene rings is 1. The normalized spacial score (nSPS) is 11.9. The molecule has 0 atom stereocenters. The van der Waals surface area contributed by atoms with E-state index in [9.17, 15) is 4.79 Å². The smallest absolute Gasteiger partial charge is 0.323 e. The maximum Gasteiger partial charge on any atom is 0.323 e. The van der Waals surface area contributed by atoms with E-state index >= 15 is 0 Å². The average Bonchev–Trinajstić information content (AvgIpc) is 2.95. The summed E-state index contributed by atoms with van der Waals surface area (Å²) in [5.41, 5.74) is 1.04. The molecule has 2 aromatic rings. The Morgan fingerprint density at radius 2 is 1.86 bits per heavy atom. The highest BCUT2D eigenvalue weighted by atomic mass is 16.7. The number of methoxy groups -OCH3 is 1. The largest absolute Gasteiger partial charge is 0.467 e. The Bertz CT molecular complexity index is 660. The van der Waals surface area contributed by atoms with Crippen LogP contribution in [0.3, 0.4) is 0 Å². The van der Waals surface area contributed by atoms with Crippen molar-refractivity contribution in [3.8, 4) is 17.5 Å². The van der Waals surface area contributed by atoms with Crippen molar-refractivity contribution in [2.24, 2.45) is 0 Å². The third-order valence-corrected chi connectivity index (χ3v) is 2.70. The van der Waals surface area contributed by atoms with Crippen molar-refractivity contribution >= 4 is 17.4 Å². The van der Waals surface area contributed by atoms with Gasteiger partial charge in [0.2, 0.25) is 6.79 Å². The summed E-state index contributed by atoms with van der Waals surface area (Å²) < 4.78 is 15.3. The fraction of sp³-hybridized carbons (Fsp3) is 0.154. The standard InChI is InChI=1S/C13H12N4O4/c1-19-13-14-5-9(6-15-13)17-12(18)16-8-2-3-10-11(4-8)21-7-20-10/h2-6H,7H2,1H3,(H2,16,17,18). The number of hydrogen-bond acceptors (Lipinski definition) is 6. The van der Waals surface area contributed by atoms with E-state index in [0.717, 1.165) is 0 Å². The second-order valence-electron chi connectivity index (χ2n) is 4.11. The second-order valence-corrected chi connectivity index (χ2v) is 4.11. The zero-order chi connectivity index (χ0) is 14.7. The topological polar surface area (TPSA) is 94.6 Å². The maximum absolute atomic E-state index is 11.9. The van der Waals surface area contributed by atoms with Gasteiger partial charge in [0.15, 0.2) is 11.5 Å². The Kier molecular flexibility index (Phi) is 3.42. The van der Waals surface area contributed by atoms with Gasteiger partial charge in [0.1, 0.15) is 0 Å². The van der Waals surface area contributed by atoms with Gasteiger partial charge in [0, 0.05) is 11.8 Å². The zero-order valence-corrected chi connectivity index (χ0v) is 11.1. The summed E-state index contributed by atoms with van der Waals surface area (Å²) in [5, 5.41) is 5.28. The van der Waals surface area contributed by atoms with Crippen molar-refractivity contribution in [2.45, 2.75) is 0 Å². The van der Waals surface area contributed by atoms with Gasteiger partial charge in [-0.2, -0.15) is 0 Å². The van der Waals surface area contributed by atoms with Crippen molar-refractivity contribution in [3.63, 3.8) is 0 Å². The highest BCUT2D eigenvalue weighted by Crippen LogP contribution is 2.34. The van der Waals surface area contributed by atoms with Gasteiger partial charge in [0.25, 0.3) is 0 Å². The molecule has 0 saturated heterocycles. The number of urea groups is 1. The first-order valence-electron chi connectivity index (χ1n) is 6.08. The summed E-state index contributed by atoms with van der Waals surface area (Å²) >= 11 is 0. The molecule has 0 bridgehead atoms.